The van der Waals surface area contributed by atoms with Crippen LogP contribution < -0.4 is 15.2 Å². The van der Waals surface area contributed by atoms with Crippen molar-refractivity contribution in [2.75, 3.05) is 7.11 Å². The number of hydrogen-bond donors (Lipinski definition) is 1. The summed E-state index contributed by atoms with van der Waals surface area (Å²) in [6.07, 6.45) is 0.521. The van der Waals surface area contributed by atoms with Gasteiger partial charge in [-0.05, 0) is 29.7 Å². The minimum absolute atomic E-state index is 0.0188. The van der Waals surface area contributed by atoms with Crippen molar-refractivity contribution in [3.8, 4) is 11.5 Å². The average molecular weight is 293 g/mol. The molecule has 0 aliphatic heterocycles. The van der Waals surface area contributed by atoms with Gasteiger partial charge in [-0.1, -0.05) is 36.4 Å². The van der Waals surface area contributed by atoms with Crippen molar-refractivity contribution < 1.29 is 18.3 Å². The predicted octanol–water partition coefficient (Wildman–Crippen LogP) is 3.54. The lowest BCUT2D eigenvalue weighted by molar-refractivity contribution is -0.0512. The Labute approximate surface area is 122 Å². The first-order valence-electron chi connectivity index (χ1n) is 6.52. The molecule has 1 unspecified atom stereocenters. The van der Waals surface area contributed by atoms with Gasteiger partial charge in [-0.15, -0.1) is 0 Å². The van der Waals surface area contributed by atoms with Crippen molar-refractivity contribution >= 4 is 0 Å². The number of hydrogen-bond acceptors (Lipinski definition) is 3. The fourth-order valence-corrected chi connectivity index (χ4v) is 2.11. The van der Waals surface area contributed by atoms with Crippen LogP contribution >= 0.6 is 0 Å². The van der Waals surface area contributed by atoms with Crippen molar-refractivity contribution in [2.24, 2.45) is 5.73 Å². The molecule has 0 spiro atoms. The average Bonchev–Trinajstić information content (AvgIpc) is 2.48. The Kier molecular flexibility index (Phi) is 5.11. The Bertz CT molecular complexity index is 576. The quantitative estimate of drug-likeness (QED) is 0.886. The Morgan fingerprint density at radius 2 is 1.76 bits per heavy atom. The zero-order valence-corrected chi connectivity index (χ0v) is 11.6. The normalized spacial score (nSPS) is 12.2. The van der Waals surface area contributed by atoms with E-state index in [1.165, 1.54) is 13.2 Å². The molecular weight excluding hydrogens is 276 g/mol. The second kappa shape index (κ2) is 7.04. The number of rotatable bonds is 6. The van der Waals surface area contributed by atoms with Crippen molar-refractivity contribution in [3.05, 3.63) is 59.7 Å². The molecule has 0 aliphatic rings. The zero-order chi connectivity index (χ0) is 15.2. The lowest BCUT2D eigenvalue weighted by atomic mass is 9.99. The smallest absolute Gasteiger partial charge is 0.387 e. The van der Waals surface area contributed by atoms with Crippen LogP contribution in [0.2, 0.25) is 0 Å². The Morgan fingerprint density at radius 3 is 2.38 bits per heavy atom. The van der Waals surface area contributed by atoms with Crippen LogP contribution in [0.3, 0.4) is 0 Å². The van der Waals surface area contributed by atoms with Crippen molar-refractivity contribution in [1.29, 1.82) is 0 Å². The van der Waals surface area contributed by atoms with Gasteiger partial charge in [0.2, 0.25) is 0 Å². The Hall–Kier alpha value is -2.14. The molecule has 21 heavy (non-hydrogen) atoms. The van der Waals surface area contributed by atoms with Gasteiger partial charge in [0.05, 0.1) is 7.11 Å². The van der Waals surface area contributed by atoms with Crippen molar-refractivity contribution in [2.45, 2.75) is 19.1 Å². The standard InChI is InChI=1S/C16H17F2NO2/c1-20-14-8-7-11(10-15(14)21-16(17)18)9-13(19)12-5-3-2-4-6-12/h2-8,10,13,16H,9,19H2,1H3. The molecule has 3 nitrogen and oxygen atoms in total. The molecule has 2 rings (SSSR count). The predicted molar refractivity (Wildman–Crippen MR) is 76.7 cm³/mol. The number of alkyl halides is 2. The van der Waals surface area contributed by atoms with Crippen LogP contribution in [-0.4, -0.2) is 13.7 Å². The molecule has 2 N–H and O–H groups in total. The summed E-state index contributed by atoms with van der Waals surface area (Å²) >= 11 is 0. The summed E-state index contributed by atoms with van der Waals surface area (Å²) in [6, 6.07) is 14.3. The third kappa shape index (κ3) is 4.16. The Balaban J connectivity index is 2.16. The summed E-state index contributed by atoms with van der Waals surface area (Å²) in [6.45, 7) is -2.89. The van der Waals surface area contributed by atoms with Gasteiger partial charge in [0.1, 0.15) is 0 Å². The van der Waals surface area contributed by atoms with E-state index in [2.05, 4.69) is 4.74 Å². The molecule has 0 fully saturated rings. The van der Waals surface area contributed by atoms with Crippen molar-refractivity contribution in [1.82, 2.24) is 0 Å². The van der Waals surface area contributed by atoms with Crippen LogP contribution in [0.25, 0.3) is 0 Å². The first-order chi connectivity index (χ1) is 10.1. The van der Waals surface area contributed by atoms with Gasteiger partial charge < -0.3 is 15.2 Å². The summed E-state index contributed by atoms with van der Waals surface area (Å²) in [4.78, 5) is 0. The highest BCUT2D eigenvalue weighted by Crippen LogP contribution is 2.30. The molecule has 2 aromatic carbocycles. The molecule has 0 saturated carbocycles. The van der Waals surface area contributed by atoms with Crippen LogP contribution in [0.5, 0.6) is 11.5 Å². The summed E-state index contributed by atoms with van der Waals surface area (Å²) in [7, 11) is 1.41. The maximum Gasteiger partial charge on any atom is 0.387 e. The monoisotopic (exact) mass is 293 g/mol. The van der Waals surface area contributed by atoms with E-state index in [1.807, 2.05) is 30.3 Å². The van der Waals surface area contributed by atoms with Crippen LogP contribution in [0, 0.1) is 0 Å². The molecule has 0 aromatic heterocycles. The van der Waals surface area contributed by atoms with Gasteiger partial charge in [0, 0.05) is 6.04 Å². The molecule has 0 saturated heterocycles. The zero-order valence-electron chi connectivity index (χ0n) is 11.6. The highest BCUT2D eigenvalue weighted by atomic mass is 19.3. The van der Waals surface area contributed by atoms with Gasteiger partial charge in [0.25, 0.3) is 0 Å². The molecule has 0 radical (unpaired) electrons. The van der Waals surface area contributed by atoms with Gasteiger partial charge >= 0.3 is 6.61 Å². The van der Waals surface area contributed by atoms with Gasteiger partial charge in [-0.3, -0.25) is 0 Å². The van der Waals surface area contributed by atoms with E-state index in [4.69, 9.17) is 10.5 Å². The molecule has 0 heterocycles. The van der Waals surface area contributed by atoms with E-state index >= 15 is 0 Å². The lowest BCUT2D eigenvalue weighted by Crippen LogP contribution is -2.13. The van der Waals surface area contributed by atoms with Crippen LogP contribution in [0.1, 0.15) is 17.2 Å². The third-order valence-corrected chi connectivity index (χ3v) is 3.13. The molecule has 5 heteroatoms. The van der Waals surface area contributed by atoms with Gasteiger partial charge in [0.15, 0.2) is 11.5 Å². The maximum atomic E-state index is 12.4. The van der Waals surface area contributed by atoms with Crippen molar-refractivity contribution in [3.63, 3.8) is 0 Å². The summed E-state index contributed by atoms with van der Waals surface area (Å²) in [5.74, 6) is 0.289. The van der Waals surface area contributed by atoms with E-state index in [1.54, 1.807) is 12.1 Å². The fraction of sp³-hybridized carbons (Fsp3) is 0.250. The van der Waals surface area contributed by atoms with Gasteiger partial charge in [-0.25, -0.2) is 0 Å². The largest absolute Gasteiger partial charge is 0.493 e. The van der Waals surface area contributed by atoms with E-state index < -0.39 is 6.61 Å². The maximum absolute atomic E-state index is 12.4. The number of nitrogens with two attached hydrogens (primary N) is 1. The third-order valence-electron chi connectivity index (χ3n) is 3.13. The van der Waals surface area contributed by atoms with Gasteiger partial charge in [-0.2, -0.15) is 8.78 Å². The van der Waals surface area contributed by atoms with E-state index in [9.17, 15) is 8.78 Å². The molecule has 2 aromatic rings. The minimum Gasteiger partial charge on any atom is -0.493 e. The van der Waals surface area contributed by atoms with Crippen LogP contribution in [0.4, 0.5) is 8.78 Å². The molecule has 1 atom stereocenters. The van der Waals surface area contributed by atoms with Crippen LogP contribution in [0.15, 0.2) is 48.5 Å². The fourth-order valence-electron chi connectivity index (χ4n) is 2.11. The minimum atomic E-state index is -2.89. The molecular formula is C16H17F2NO2. The second-order valence-corrected chi connectivity index (χ2v) is 4.59. The summed E-state index contributed by atoms with van der Waals surface area (Å²) in [5.41, 5.74) is 7.93. The molecule has 112 valence electrons. The highest BCUT2D eigenvalue weighted by Gasteiger charge is 2.13. The summed E-state index contributed by atoms with van der Waals surface area (Å²) < 4.78 is 34.3. The van der Waals surface area contributed by atoms with Crippen LogP contribution in [-0.2, 0) is 6.42 Å². The molecule has 0 aliphatic carbocycles. The van der Waals surface area contributed by atoms with E-state index in [0.29, 0.717) is 6.42 Å². The number of ether oxygens (including phenoxy) is 2. The lowest BCUT2D eigenvalue weighted by Gasteiger charge is -2.15. The number of benzene rings is 2. The topological polar surface area (TPSA) is 44.5 Å². The summed E-state index contributed by atoms with van der Waals surface area (Å²) in [5, 5.41) is 0. The van der Waals surface area contributed by atoms with E-state index in [0.717, 1.165) is 11.1 Å². The Morgan fingerprint density at radius 1 is 1.05 bits per heavy atom. The molecule has 0 amide bonds. The first kappa shape index (κ1) is 15.3. The molecule has 0 bridgehead atoms. The van der Waals surface area contributed by atoms with E-state index in [-0.39, 0.29) is 17.5 Å². The second-order valence-electron chi connectivity index (χ2n) is 4.59. The SMILES string of the molecule is COc1ccc(CC(N)c2ccccc2)cc1OC(F)F. The number of halogens is 2. The number of methoxy groups -OCH3 is 1. The first-order valence-corrected chi connectivity index (χ1v) is 6.52. The highest BCUT2D eigenvalue weighted by molar-refractivity contribution is 5.43.